The number of hydrogen-bond donors (Lipinski definition) is 3. The van der Waals surface area contributed by atoms with Crippen LogP contribution in [0.2, 0.25) is 5.02 Å². The lowest BCUT2D eigenvalue weighted by atomic mass is 10.2. The number of rotatable bonds is 6. The van der Waals surface area contributed by atoms with Gasteiger partial charge < -0.3 is 15.7 Å². The van der Waals surface area contributed by atoms with Crippen LogP contribution < -0.4 is 10.6 Å². The summed E-state index contributed by atoms with van der Waals surface area (Å²) in [5.41, 5.74) is 2.83. The average molecular weight is 333 g/mol. The zero-order valence-corrected chi connectivity index (χ0v) is 13.4. The van der Waals surface area contributed by atoms with Crippen molar-refractivity contribution in [3.8, 4) is 0 Å². The van der Waals surface area contributed by atoms with Gasteiger partial charge in [0, 0.05) is 22.7 Å². The molecule has 1 heterocycles. The fourth-order valence-corrected chi connectivity index (χ4v) is 2.39. The van der Waals surface area contributed by atoms with E-state index in [1.54, 1.807) is 0 Å². The molecule has 3 rings (SSSR count). The Kier molecular flexibility index (Phi) is 4.34. The molecule has 1 aliphatic carbocycles. The lowest BCUT2D eigenvalue weighted by molar-refractivity contribution is -0.134. The summed E-state index contributed by atoms with van der Waals surface area (Å²) < 4.78 is 0. The molecule has 1 aromatic carbocycles. The Morgan fingerprint density at radius 3 is 2.83 bits per heavy atom. The number of carboxylic acid groups (broad SMARTS) is 1. The second kappa shape index (κ2) is 6.42. The number of carboxylic acids is 1. The maximum absolute atomic E-state index is 10.7. The molecule has 0 amide bonds. The molecule has 23 heavy (non-hydrogen) atoms. The molecular formula is C16H17ClN4O2. The van der Waals surface area contributed by atoms with Gasteiger partial charge in [-0.1, -0.05) is 17.7 Å². The first kappa shape index (κ1) is 15.6. The molecular weight excluding hydrogens is 316 g/mol. The topological polar surface area (TPSA) is 87.1 Å². The van der Waals surface area contributed by atoms with Gasteiger partial charge in [0.25, 0.3) is 0 Å². The maximum atomic E-state index is 10.7. The summed E-state index contributed by atoms with van der Waals surface area (Å²) in [5.74, 6) is 0.425. The van der Waals surface area contributed by atoms with Gasteiger partial charge in [-0.2, -0.15) is 4.98 Å². The fourth-order valence-electron chi connectivity index (χ4n) is 2.22. The lowest BCUT2D eigenvalue weighted by Crippen LogP contribution is -2.15. The van der Waals surface area contributed by atoms with Gasteiger partial charge >= 0.3 is 5.97 Å². The fraction of sp³-hybridized carbons (Fsp3) is 0.312. The standard InChI is InChI=1S/C16H17ClN4O2/c1-9-2-5-11(17)6-12(9)19-14-7-13(10-3-4-10)20-16(21-14)18-8-15(22)23/h2,5-7,10H,3-4,8H2,1H3,(H,22,23)(H2,18,19,20,21). The van der Waals surface area contributed by atoms with Crippen molar-refractivity contribution in [3.05, 3.63) is 40.5 Å². The number of nitrogens with one attached hydrogen (secondary N) is 2. The third-order valence-corrected chi connectivity index (χ3v) is 3.84. The van der Waals surface area contributed by atoms with Crippen LogP contribution in [-0.4, -0.2) is 27.6 Å². The Morgan fingerprint density at radius 1 is 1.35 bits per heavy atom. The number of halogens is 1. The van der Waals surface area contributed by atoms with Crippen molar-refractivity contribution in [2.75, 3.05) is 17.2 Å². The van der Waals surface area contributed by atoms with Crippen LogP contribution in [0.1, 0.15) is 30.0 Å². The number of benzene rings is 1. The third-order valence-electron chi connectivity index (χ3n) is 3.60. The van der Waals surface area contributed by atoms with Gasteiger partial charge in [0.2, 0.25) is 5.95 Å². The van der Waals surface area contributed by atoms with Crippen LogP contribution in [0.25, 0.3) is 0 Å². The number of hydrogen-bond acceptors (Lipinski definition) is 5. The van der Waals surface area contributed by atoms with Gasteiger partial charge in [-0.25, -0.2) is 4.98 Å². The van der Waals surface area contributed by atoms with E-state index in [9.17, 15) is 4.79 Å². The molecule has 3 N–H and O–H groups in total. The molecule has 0 unspecified atom stereocenters. The third kappa shape index (κ3) is 4.10. The monoisotopic (exact) mass is 332 g/mol. The number of nitrogens with zero attached hydrogens (tertiary/aromatic N) is 2. The van der Waals surface area contributed by atoms with Crippen LogP contribution in [-0.2, 0) is 4.79 Å². The summed E-state index contributed by atoms with van der Waals surface area (Å²) in [4.78, 5) is 19.5. The van der Waals surface area contributed by atoms with E-state index in [-0.39, 0.29) is 6.54 Å². The second-order valence-electron chi connectivity index (χ2n) is 5.61. The SMILES string of the molecule is Cc1ccc(Cl)cc1Nc1cc(C2CC2)nc(NCC(=O)O)n1. The molecule has 0 bridgehead atoms. The minimum atomic E-state index is -0.953. The van der Waals surface area contributed by atoms with E-state index < -0.39 is 5.97 Å². The van der Waals surface area contributed by atoms with Gasteiger partial charge in [0.15, 0.2) is 0 Å². The van der Waals surface area contributed by atoms with Gasteiger partial charge in [-0.05, 0) is 37.5 Å². The minimum Gasteiger partial charge on any atom is -0.480 e. The molecule has 1 aromatic heterocycles. The molecule has 1 fully saturated rings. The van der Waals surface area contributed by atoms with Crippen LogP contribution in [0.15, 0.2) is 24.3 Å². The lowest BCUT2D eigenvalue weighted by Gasteiger charge is -2.12. The Hall–Kier alpha value is -2.34. The van der Waals surface area contributed by atoms with Gasteiger partial charge in [0.1, 0.15) is 12.4 Å². The van der Waals surface area contributed by atoms with E-state index in [0.29, 0.717) is 22.7 Å². The number of aryl methyl sites for hydroxylation is 1. The molecule has 0 aliphatic heterocycles. The van der Waals surface area contributed by atoms with Crippen molar-refractivity contribution in [2.24, 2.45) is 0 Å². The summed E-state index contributed by atoms with van der Waals surface area (Å²) >= 11 is 6.04. The average Bonchev–Trinajstić information content (AvgIpc) is 3.33. The molecule has 0 radical (unpaired) electrons. The zero-order chi connectivity index (χ0) is 16.4. The molecule has 1 aliphatic rings. The van der Waals surface area contributed by atoms with Crippen LogP contribution in [0.5, 0.6) is 0 Å². The summed E-state index contributed by atoms with van der Waals surface area (Å²) in [6.45, 7) is 1.76. The highest BCUT2D eigenvalue weighted by Crippen LogP contribution is 2.40. The first-order chi connectivity index (χ1) is 11.0. The number of anilines is 3. The van der Waals surface area contributed by atoms with E-state index in [4.69, 9.17) is 16.7 Å². The van der Waals surface area contributed by atoms with E-state index in [0.717, 1.165) is 29.8 Å². The number of aliphatic carboxylic acids is 1. The van der Waals surface area contributed by atoms with Crippen LogP contribution in [0, 0.1) is 6.92 Å². The Labute approximate surface area is 138 Å². The molecule has 0 spiro atoms. The molecule has 6 nitrogen and oxygen atoms in total. The summed E-state index contributed by atoms with van der Waals surface area (Å²) in [5, 5.41) is 15.4. The predicted octanol–water partition coefficient (Wildman–Crippen LogP) is 3.56. The normalized spacial score (nSPS) is 13.7. The zero-order valence-electron chi connectivity index (χ0n) is 12.6. The van der Waals surface area contributed by atoms with Crippen molar-refractivity contribution >= 4 is 35.0 Å². The van der Waals surface area contributed by atoms with E-state index in [1.807, 2.05) is 31.2 Å². The van der Waals surface area contributed by atoms with Crippen LogP contribution >= 0.6 is 11.6 Å². The van der Waals surface area contributed by atoms with Crippen LogP contribution in [0.4, 0.5) is 17.5 Å². The van der Waals surface area contributed by atoms with Crippen molar-refractivity contribution in [1.82, 2.24) is 9.97 Å². The Bertz CT molecular complexity index is 747. The Balaban J connectivity index is 1.87. The van der Waals surface area contributed by atoms with Crippen LogP contribution in [0.3, 0.4) is 0 Å². The van der Waals surface area contributed by atoms with Crippen molar-refractivity contribution in [1.29, 1.82) is 0 Å². The first-order valence-electron chi connectivity index (χ1n) is 7.39. The van der Waals surface area contributed by atoms with Crippen molar-refractivity contribution < 1.29 is 9.90 Å². The van der Waals surface area contributed by atoms with Crippen molar-refractivity contribution in [3.63, 3.8) is 0 Å². The molecule has 0 saturated heterocycles. The summed E-state index contributed by atoms with van der Waals surface area (Å²) in [6, 6.07) is 7.50. The molecule has 120 valence electrons. The summed E-state index contributed by atoms with van der Waals surface area (Å²) in [6.07, 6.45) is 2.20. The predicted molar refractivity (Wildman–Crippen MR) is 89.6 cm³/mol. The van der Waals surface area contributed by atoms with E-state index in [1.165, 1.54) is 0 Å². The minimum absolute atomic E-state index is 0.218. The van der Waals surface area contributed by atoms with Gasteiger partial charge in [0.05, 0.1) is 5.69 Å². The number of carbonyl (C=O) groups is 1. The largest absolute Gasteiger partial charge is 0.480 e. The first-order valence-corrected chi connectivity index (χ1v) is 7.77. The highest BCUT2D eigenvalue weighted by molar-refractivity contribution is 6.30. The molecule has 7 heteroatoms. The molecule has 0 atom stereocenters. The van der Waals surface area contributed by atoms with E-state index in [2.05, 4.69) is 20.6 Å². The maximum Gasteiger partial charge on any atom is 0.322 e. The van der Waals surface area contributed by atoms with Crippen molar-refractivity contribution in [2.45, 2.75) is 25.7 Å². The Morgan fingerprint density at radius 2 is 2.13 bits per heavy atom. The second-order valence-corrected chi connectivity index (χ2v) is 6.04. The highest BCUT2D eigenvalue weighted by Gasteiger charge is 2.26. The summed E-state index contributed by atoms with van der Waals surface area (Å²) in [7, 11) is 0. The smallest absolute Gasteiger partial charge is 0.322 e. The van der Waals surface area contributed by atoms with Gasteiger partial charge in [-0.15, -0.1) is 0 Å². The number of aromatic nitrogens is 2. The molecule has 2 aromatic rings. The van der Waals surface area contributed by atoms with E-state index >= 15 is 0 Å². The quantitative estimate of drug-likeness (QED) is 0.749. The highest BCUT2D eigenvalue weighted by atomic mass is 35.5. The molecule has 1 saturated carbocycles. The van der Waals surface area contributed by atoms with Gasteiger partial charge in [-0.3, -0.25) is 4.79 Å².